The van der Waals surface area contributed by atoms with E-state index in [0.717, 1.165) is 17.0 Å². The summed E-state index contributed by atoms with van der Waals surface area (Å²) in [6, 6.07) is 0. The van der Waals surface area contributed by atoms with E-state index < -0.39 is 11.4 Å². The number of hydrogen-bond acceptors (Lipinski definition) is 5. The van der Waals surface area contributed by atoms with Crippen molar-refractivity contribution in [1.29, 1.82) is 0 Å². The number of aryl methyl sites for hydroxylation is 1. The number of amides is 1. The fraction of sp³-hybridized carbons (Fsp3) is 0.615. The molecule has 0 atom stereocenters. The fourth-order valence-electron chi connectivity index (χ4n) is 2.29. The molecule has 1 aromatic rings. The van der Waals surface area contributed by atoms with Crippen molar-refractivity contribution in [3.63, 3.8) is 0 Å². The Kier molecular flexibility index (Phi) is 4.79. The molecule has 0 unspecified atom stereocenters. The van der Waals surface area contributed by atoms with Crippen LogP contribution in [0.15, 0.2) is 10.2 Å². The van der Waals surface area contributed by atoms with Crippen LogP contribution in [0.5, 0.6) is 0 Å². The van der Waals surface area contributed by atoms with Crippen molar-refractivity contribution in [2.45, 2.75) is 26.3 Å². The predicted molar refractivity (Wildman–Crippen MR) is 76.4 cm³/mol. The van der Waals surface area contributed by atoms with Crippen molar-refractivity contribution in [3.8, 4) is 0 Å². The third-order valence-electron chi connectivity index (χ3n) is 3.81. The Bertz CT molecular complexity index is 586. The number of aromatic nitrogens is 1. The second kappa shape index (κ2) is 6.40. The first-order chi connectivity index (χ1) is 9.94. The van der Waals surface area contributed by atoms with E-state index in [1.807, 2.05) is 0 Å². The molecular formula is C13H18N2O5S. The van der Waals surface area contributed by atoms with Crippen LogP contribution in [0.1, 0.15) is 18.5 Å². The molecule has 1 aromatic heterocycles. The van der Waals surface area contributed by atoms with E-state index in [2.05, 4.69) is 5.32 Å². The monoisotopic (exact) mass is 314 g/mol. The first kappa shape index (κ1) is 15.7. The van der Waals surface area contributed by atoms with Gasteiger partial charge < -0.3 is 15.2 Å². The topological polar surface area (TPSA) is 97.6 Å². The quantitative estimate of drug-likeness (QED) is 0.810. The largest absolute Gasteiger partial charge is 0.481 e. The van der Waals surface area contributed by atoms with Gasteiger partial charge in [0.2, 0.25) is 5.91 Å². The van der Waals surface area contributed by atoms with Crippen LogP contribution in [0, 0.1) is 12.3 Å². The molecule has 21 heavy (non-hydrogen) atoms. The molecule has 2 N–H and O–H groups in total. The Balaban J connectivity index is 1.96. The van der Waals surface area contributed by atoms with Gasteiger partial charge in [0.05, 0.1) is 5.41 Å². The van der Waals surface area contributed by atoms with E-state index in [1.54, 1.807) is 12.3 Å². The molecule has 0 radical (unpaired) electrons. The van der Waals surface area contributed by atoms with Crippen molar-refractivity contribution >= 4 is 23.2 Å². The zero-order chi connectivity index (χ0) is 15.5. The summed E-state index contributed by atoms with van der Waals surface area (Å²) < 4.78 is 6.55. The molecule has 1 amide bonds. The number of hydrogen-bond donors (Lipinski definition) is 2. The van der Waals surface area contributed by atoms with Gasteiger partial charge in [0.1, 0.15) is 6.54 Å². The van der Waals surface area contributed by atoms with Crippen LogP contribution >= 0.6 is 11.3 Å². The highest BCUT2D eigenvalue weighted by atomic mass is 32.1. The molecule has 0 saturated carbocycles. The standard InChI is InChI=1S/C13H18N2O5S/c1-9-7-21-12(19)15(9)6-10(16)14-8-13(11(17)18)2-4-20-5-3-13/h7H,2-6,8H2,1H3,(H,14,16)(H,17,18). The van der Waals surface area contributed by atoms with Gasteiger partial charge in [-0.05, 0) is 19.8 Å². The van der Waals surface area contributed by atoms with Gasteiger partial charge in [-0.1, -0.05) is 11.3 Å². The summed E-state index contributed by atoms with van der Waals surface area (Å²) in [5.74, 6) is -1.28. The minimum Gasteiger partial charge on any atom is -0.481 e. The molecule has 1 aliphatic rings. The van der Waals surface area contributed by atoms with Crippen LogP contribution in [0.2, 0.25) is 0 Å². The van der Waals surface area contributed by atoms with Crippen LogP contribution in [-0.2, 0) is 20.9 Å². The van der Waals surface area contributed by atoms with Gasteiger partial charge in [0.25, 0.3) is 0 Å². The second-order valence-corrected chi connectivity index (χ2v) is 6.02. The Labute approximate surface area is 125 Å². The minimum atomic E-state index is -0.970. The number of carboxylic acids is 1. The SMILES string of the molecule is Cc1csc(=O)n1CC(=O)NCC1(C(=O)O)CCOCC1. The molecule has 116 valence electrons. The molecule has 0 spiro atoms. The Morgan fingerprint density at radius 3 is 2.67 bits per heavy atom. The molecule has 1 aliphatic heterocycles. The molecule has 0 aromatic carbocycles. The summed E-state index contributed by atoms with van der Waals surface area (Å²) in [4.78, 5) is 34.7. The van der Waals surface area contributed by atoms with Gasteiger partial charge in [0, 0.05) is 30.8 Å². The summed E-state index contributed by atoms with van der Waals surface area (Å²) in [6.07, 6.45) is 0.750. The zero-order valence-corrected chi connectivity index (χ0v) is 12.6. The van der Waals surface area contributed by atoms with Crippen LogP contribution in [-0.4, -0.2) is 41.3 Å². The van der Waals surface area contributed by atoms with Gasteiger partial charge in [-0.25, -0.2) is 0 Å². The summed E-state index contributed by atoms with van der Waals surface area (Å²) in [6.45, 7) is 2.49. The second-order valence-electron chi connectivity index (χ2n) is 5.20. The number of aliphatic carboxylic acids is 1. The average Bonchev–Trinajstić information content (AvgIpc) is 2.78. The maximum absolute atomic E-state index is 11.9. The number of carboxylic acid groups (broad SMARTS) is 1. The maximum Gasteiger partial charge on any atom is 0.311 e. The molecule has 0 aliphatic carbocycles. The third-order valence-corrected chi connectivity index (χ3v) is 4.69. The summed E-state index contributed by atoms with van der Waals surface area (Å²) in [5, 5.41) is 13.7. The minimum absolute atomic E-state index is 0.0580. The van der Waals surface area contributed by atoms with Gasteiger partial charge in [-0.15, -0.1) is 0 Å². The maximum atomic E-state index is 11.9. The molecule has 0 bridgehead atoms. The zero-order valence-electron chi connectivity index (χ0n) is 11.8. The molecule has 8 heteroatoms. The lowest BCUT2D eigenvalue weighted by Gasteiger charge is -2.33. The Morgan fingerprint density at radius 2 is 2.14 bits per heavy atom. The van der Waals surface area contributed by atoms with E-state index >= 15 is 0 Å². The van der Waals surface area contributed by atoms with E-state index in [9.17, 15) is 19.5 Å². The van der Waals surface area contributed by atoms with Crippen LogP contribution in [0.4, 0.5) is 0 Å². The predicted octanol–water partition coefficient (Wildman–Crippen LogP) is 0.216. The first-order valence-electron chi connectivity index (χ1n) is 6.67. The highest BCUT2D eigenvalue weighted by Gasteiger charge is 2.40. The van der Waals surface area contributed by atoms with E-state index in [4.69, 9.17) is 4.74 Å². The summed E-state index contributed by atoms with van der Waals surface area (Å²) in [5.41, 5.74) is -0.248. The van der Waals surface area contributed by atoms with Crippen molar-refractivity contribution < 1.29 is 19.4 Å². The number of carbonyl (C=O) groups is 2. The lowest BCUT2D eigenvalue weighted by Crippen LogP contribution is -2.47. The van der Waals surface area contributed by atoms with Crippen molar-refractivity contribution in [3.05, 3.63) is 20.7 Å². The smallest absolute Gasteiger partial charge is 0.311 e. The number of carbonyl (C=O) groups excluding carboxylic acids is 1. The number of thiazole rings is 1. The van der Waals surface area contributed by atoms with E-state index in [-0.39, 0.29) is 23.9 Å². The van der Waals surface area contributed by atoms with Crippen molar-refractivity contribution in [1.82, 2.24) is 9.88 Å². The highest BCUT2D eigenvalue weighted by molar-refractivity contribution is 7.07. The molecule has 2 heterocycles. The number of nitrogens with zero attached hydrogens (tertiary/aromatic N) is 1. The van der Waals surface area contributed by atoms with Gasteiger partial charge in [-0.3, -0.25) is 19.0 Å². The molecule has 1 saturated heterocycles. The van der Waals surface area contributed by atoms with Crippen LogP contribution < -0.4 is 10.2 Å². The third kappa shape index (κ3) is 3.51. The van der Waals surface area contributed by atoms with Crippen molar-refractivity contribution in [2.75, 3.05) is 19.8 Å². The van der Waals surface area contributed by atoms with E-state index in [1.165, 1.54) is 4.57 Å². The Morgan fingerprint density at radius 1 is 1.48 bits per heavy atom. The first-order valence-corrected chi connectivity index (χ1v) is 7.55. The lowest BCUT2D eigenvalue weighted by atomic mass is 9.80. The molecule has 2 rings (SSSR count). The van der Waals surface area contributed by atoms with Crippen LogP contribution in [0.25, 0.3) is 0 Å². The lowest BCUT2D eigenvalue weighted by molar-refractivity contribution is -0.154. The van der Waals surface area contributed by atoms with Gasteiger partial charge >= 0.3 is 10.8 Å². The van der Waals surface area contributed by atoms with Crippen molar-refractivity contribution in [2.24, 2.45) is 5.41 Å². The van der Waals surface area contributed by atoms with Gasteiger partial charge in [0.15, 0.2) is 0 Å². The molecular weight excluding hydrogens is 296 g/mol. The fourth-order valence-corrected chi connectivity index (χ4v) is 3.03. The highest BCUT2D eigenvalue weighted by Crippen LogP contribution is 2.30. The summed E-state index contributed by atoms with van der Waals surface area (Å²) in [7, 11) is 0. The van der Waals surface area contributed by atoms with Gasteiger partial charge in [-0.2, -0.15) is 0 Å². The normalized spacial score (nSPS) is 17.4. The van der Waals surface area contributed by atoms with E-state index in [0.29, 0.717) is 26.1 Å². The Hall–Kier alpha value is -1.67. The summed E-state index contributed by atoms with van der Waals surface area (Å²) >= 11 is 1.04. The number of rotatable bonds is 5. The average molecular weight is 314 g/mol. The molecule has 1 fully saturated rings. The number of nitrogens with one attached hydrogen (secondary N) is 1. The number of ether oxygens (including phenoxy) is 1. The van der Waals surface area contributed by atoms with Crippen LogP contribution in [0.3, 0.4) is 0 Å². The molecule has 7 nitrogen and oxygen atoms in total.